The molecule has 21 heavy (non-hydrogen) atoms. The van der Waals surface area contributed by atoms with Crippen LogP contribution in [-0.4, -0.2) is 43.8 Å². The molecule has 0 radical (unpaired) electrons. The van der Waals surface area contributed by atoms with Gasteiger partial charge in [-0.1, -0.05) is 11.6 Å². The summed E-state index contributed by atoms with van der Waals surface area (Å²) in [6.07, 6.45) is 1.55. The van der Waals surface area contributed by atoms with Gasteiger partial charge in [0.2, 0.25) is 10.0 Å². The van der Waals surface area contributed by atoms with Crippen molar-refractivity contribution < 1.29 is 13.3 Å². The standard InChI is InChI=1S/C12H16ClN3O4S/c1-14-8-9-3-2-6-15(9)21(19,20)10-4-5-11(13)12(7-10)16(17)18/h4-5,7,9,14H,2-3,6,8H2,1H3. The van der Waals surface area contributed by atoms with Gasteiger partial charge in [-0.15, -0.1) is 0 Å². The number of hydrogen-bond acceptors (Lipinski definition) is 5. The van der Waals surface area contributed by atoms with Crippen LogP contribution in [0.3, 0.4) is 0 Å². The lowest BCUT2D eigenvalue weighted by molar-refractivity contribution is -0.384. The number of nitro benzene ring substituents is 1. The minimum absolute atomic E-state index is 0.0767. The van der Waals surface area contributed by atoms with E-state index in [4.69, 9.17) is 11.6 Å². The van der Waals surface area contributed by atoms with Crippen LogP contribution >= 0.6 is 11.6 Å². The third-order valence-electron chi connectivity index (χ3n) is 3.48. The molecule has 0 spiro atoms. The van der Waals surface area contributed by atoms with Gasteiger partial charge in [-0.3, -0.25) is 10.1 Å². The Morgan fingerprint density at radius 2 is 2.24 bits per heavy atom. The molecule has 9 heteroatoms. The largest absolute Gasteiger partial charge is 0.318 e. The highest BCUT2D eigenvalue weighted by Gasteiger charge is 2.35. The Hall–Kier alpha value is -1.22. The van der Waals surface area contributed by atoms with Crippen LogP contribution in [0.2, 0.25) is 5.02 Å². The number of nitro groups is 1. The highest BCUT2D eigenvalue weighted by atomic mass is 35.5. The van der Waals surface area contributed by atoms with Crippen LogP contribution in [-0.2, 0) is 10.0 Å². The molecule has 0 aliphatic carbocycles. The Bertz CT molecular complexity index is 650. The number of likely N-dealkylation sites (N-methyl/N-ethyl adjacent to an activating group) is 1. The quantitative estimate of drug-likeness (QED) is 0.653. The van der Waals surface area contributed by atoms with Gasteiger partial charge in [0.25, 0.3) is 5.69 Å². The van der Waals surface area contributed by atoms with Crippen LogP contribution in [0.1, 0.15) is 12.8 Å². The predicted octanol–water partition coefficient (Wildman–Crippen LogP) is 1.62. The third kappa shape index (κ3) is 3.18. The second kappa shape index (κ2) is 6.27. The maximum absolute atomic E-state index is 12.6. The molecular formula is C12H16ClN3O4S. The number of rotatable bonds is 5. The van der Waals surface area contributed by atoms with E-state index in [0.29, 0.717) is 13.1 Å². The first kappa shape index (κ1) is 16.2. The Labute approximate surface area is 128 Å². The predicted molar refractivity (Wildman–Crippen MR) is 78.9 cm³/mol. The molecule has 1 N–H and O–H groups in total. The van der Waals surface area contributed by atoms with E-state index in [1.807, 2.05) is 0 Å². The Balaban J connectivity index is 2.40. The maximum Gasteiger partial charge on any atom is 0.289 e. The SMILES string of the molecule is CNCC1CCCN1S(=O)(=O)c1ccc(Cl)c([N+](=O)[O-])c1. The summed E-state index contributed by atoms with van der Waals surface area (Å²) in [7, 11) is -1.99. The number of sulfonamides is 1. The molecule has 1 saturated heterocycles. The molecule has 7 nitrogen and oxygen atoms in total. The van der Waals surface area contributed by atoms with Crippen molar-refractivity contribution in [1.29, 1.82) is 0 Å². The molecule has 0 amide bonds. The first-order chi connectivity index (χ1) is 9.87. The molecule has 1 atom stereocenters. The molecule has 1 fully saturated rings. The van der Waals surface area contributed by atoms with Crippen molar-refractivity contribution in [3.63, 3.8) is 0 Å². The number of nitrogens with zero attached hydrogens (tertiary/aromatic N) is 2. The molecule has 1 aromatic carbocycles. The second-order valence-electron chi connectivity index (χ2n) is 4.84. The lowest BCUT2D eigenvalue weighted by Gasteiger charge is -2.23. The van der Waals surface area contributed by atoms with Crippen molar-refractivity contribution in [1.82, 2.24) is 9.62 Å². The maximum atomic E-state index is 12.6. The third-order valence-corrected chi connectivity index (χ3v) is 5.75. The normalized spacial score (nSPS) is 19.8. The van der Waals surface area contributed by atoms with Crippen molar-refractivity contribution in [3.05, 3.63) is 33.3 Å². The van der Waals surface area contributed by atoms with Gasteiger partial charge in [0.1, 0.15) is 5.02 Å². The zero-order valence-corrected chi connectivity index (χ0v) is 13.0. The lowest BCUT2D eigenvalue weighted by Crippen LogP contribution is -2.40. The van der Waals surface area contributed by atoms with Gasteiger partial charge in [-0.2, -0.15) is 4.31 Å². The monoisotopic (exact) mass is 333 g/mol. The summed E-state index contributed by atoms with van der Waals surface area (Å²) in [4.78, 5) is 10.1. The average molecular weight is 334 g/mol. The van der Waals surface area contributed by atoms with Crippen molar-refractivity contribution >= 4 is 27.3 Å². The van der Waals surface area contributed by atoms with Gasteiger partial charge in [0.15, 0.2) is 0 Å². The smallest absolute Gasteiger partial charge is 0.289 e. The van der Waals surface area contributed by atoms with Crippen molar-refractivity contribution in [2.24, 2.45) is 0 Å². The van der Waals surface area contributed by atoms with E-state index in [1.54, 1.807) is 7.05 Å². The Morgan fingerprint density at radius 1 is 1.52 bits per heavy atom. The number of halogens is 1. The summed E-state index contributed by atoms with van der Waals surface area (Å²) in [5.74, 6) is 0. The topological polar surface area (TPSA) is 92.6 Å². The van der Waals surface area contributed by atoms with E-state index >= 15 is 0 Å². The molecule has 1 heterocycles. The Kier molecular flexibility index (Phi) is 4.82. The van der Waals surface area contributed by atoms with Crippen LogP contribution < -0.4 is 5.32 Å². The molecule has 0 saturated carbocycles. The van der Waals surface area contributed by atoms with Gasteiger partial charge in [-0.05, 0) is 32.0 Å². The molecule has 116 valence electrons. The van der Waals surface area contributed by atoms with E-state index in [0.717, 1.165) is 18.9 Å². The first-order valence-corrected chi connectivity index (χ1v) is 8.30. The van der Waals surface area contributed by atoms with Gasteiger partial charge in [0.05, 0.1) is 9.82 Å². The molecule has 1 aromatic rings. The summed E-state index contributed by atoms with van der Waals surface area (Å²) >= 11 is 5.72. The summed E-state index contributed by atoms with van der Waals surface area (Å²) in [6.45, 7) is 0.972. The van der Waals surface area contributed by atoms with Crippen LogP contribution in [0.25, 0.3) is 0 Å². The fourth-order valence-corrected chi connectivity index (χ4v) is 4.39. The fourth-order valence-electron chi connectivity index (χ4n) is 2.49. The molecular weight excluding hydrogens is 318 g/mol. The zero-order chi connectivity index (χ0) is 15.6. The van der Waals surface area contributed by atoms with E-state index in [-0.39, 0.29) is 16.0 Å². The molecule has 2 rings (SSSR count). The molecule has 1 aliphatic rings. The summed E-state index contributed by atoms with van der Waals surface area (Å²) < 4.78 is 26.7. The summed E-state index contributed by atoms with van der Waals surface area (Å²) in [5, 5.41) is 13.8. The summed E-state index contributed by atoms with van der Waals surface area (Å²) in [5.41, 5.74) is -0.401. The second-order valence-corrected chi connectivity index (χ2v) is 7.14. The van der Waals surface area contributed by atoms with Crippen LogP contribution in [0, 0.1) is 10.1 Å². The molecule has 0 aromatic heterocycles. The average Bonchev–Trinajstić information content (AvgIpc) is 2.88. The molecule has 0 bridgehead atoms. The number of benzene rings is 1. The van der Waals surface area contributed by atoms with Crippen LogP contribution in [0.5, 0.6) is 0 Å². The van der Waals surface area contributed by atoms with Crippen molar-refractivity contribution in [3.8, 4) is 0 Å². The van der Waals surface area contributed by atoms with Crippen LogP contribution in [0.4, 0.5) is 5.69 Å². The zero-order valence-electron chi connectivity index (χ0n) is 11.5. The first-order valence-electron chi connectivity index (χ1n) is 6.48. The van der Waals surface area contributed by atoms with Crippen molar-refractivity contribution in [2.75, 3.05) is 20.1 Å². The van der Waals surface area contributed by atoms with Gasteiger partial charge < -0.3 is 5.32 Å². The van der Waals surface area contributed by atoms with E-state index in [9.17, 15) is 18.5 Å². The van der Waals surface area contributed by atoms with Gasteiger partial charge in [0, 0.05) is 25.2 Å². The van der Waals surface area contributed by atoms with E-state index in [2.05, 4.69) is 5.32 Å². The van der Waals surface area contributed by atoms with Crippen LogP contribution in [0.15, 0.2) is 23.1 Å². The number of hydrogen-bond donors (Lipinski definition) is 1. The van der Waals surface area contributed by atoms with Gasteiger partial charge in [-0.25, -0.2) is 8.42 Å². The van der Waals surface area contributed by atoms with E-state index < -0.39 is 20.6 Å². The lowest BCUT2D eigenvalue weighted by atomic mass is 10.2. The van der Waals surface area contributed by atoms with Gasteiger partial charge >= 0.3 is 0 Å². The molecule has 1 unspecified atom stereocenters. The van der Waals surface area contributed by atoms with Crippen molar-refractivity contribution in [2.45, 2.75) is 23.8 Å². The number of nitrogens with one attached hydrogen (secondary N) is 1. The Morgan fingerprint density at radius 3 is 2.86 bits per heavy atom. The summed E-state index contributed by atoms with van der Waals surface area (Å²) in [6, 6.07) is 3.44. The van der Waals surface area contributed by atoms with E-state index in [1.165, 1.54) is 16.4 Å². The highest BCUT2D eigenvalue weighted by Crippen LogP contribution is 2.31. The minimum Gasteiger partial charge on any atom is -0.318 e. The fraction of sp³-hybridized carbons (Fsp3) is 0.500. The minimum atomic E-state index is -3.75. The molecule has 1 aliphatic heterocycles. The highest BCUT2D eigenvalue weighted by molar-refractivity contribution is 7.89.